The van der Waals surface area contributed by atoms with E-state index in [4.69, 9.17) is 4.74 Å². The average molecular weight is 363 g/mol. The highest BCUT2D eigenvalue weighted by atomic mass is 16.5. The van der Waals surface area contributed by atoms with Gasteiger partial charge in [-0.25, -0.2) is 4.98 Å². The molecule has 0 saturated carbocycles. The summed E-state index contributed by atoms with van der Waals surface area (Å²) in [6.07, 6.45) is 0. The number of fused-ring (bicyclic) bond motifs is 1. The van der Waals surface area contributed by atoms with E-state index in [1.807, 2.05) is 41.3 Å². The van der Waals surface area contributed by atoms with Gasteiger partial charge in [0, 0.05) is 37.3 Å². The van der Waals surface area contributed by atoms with E-state index in [0.29, 0.717) is 24.3 Å². The van der Waals surface area contributed by atoms with Gasteiger partial charge in [0.05, 0.1) is 7.11 Å². The molecule has 138 valence electrons. The summed E-state index contributed by atoms with van der Waals surface area (Å²) in [4.78, 5) is 21.3. The predicted molar refractivity (Wildman–Crippen MR) is 105 cm³/mol. The number of nitrogens with zero attached hydrogens (tertiary/aromatic N) is 3. The molecule has 1 amide bonds. The van der Waals surface area contributed by atoms with Crippen LogP contribution in [0, 0.1) is 0 Å². The fraction of sp³-hybridized carbons (Fsp3) is 0.238. The molecular weight excluding hydrogens is 342 g/mol. The summed E-state index contributed by atoms with van der Waals surface area (Å²) in [7, 11) is 1.65. The van der Waals surface area contributed by atoms with Crippen LogP contribution in [-0.4, -0.2) is 54.2 Å². The number of methoxy groups -OCH3 is 1. The molecule has 2 heterocycles. The Labute approximate surface area is 157 Å². The molecule has 0 bridgehead atoms. The van der Waals surface area contributed by atoms with Gasteiger partial charge in [0.1, 0.15) is 22.7 Å². The molecule has 1 aliphatic rings. The van der Waals surface area contributed by atoms with Gasteiger partial charge in [-0.2, -0.15) is 0 Å². The average Bonchev–Trinajstić information content (AvgIpc) is 2.73. The Kier molecular flexibility index (Phi) is 4.54. The summed E-state index contributed by atoms with van der Waals surface area (Å²) in [6.45, 7) is 2.78. The van der Waals surface area contributed by atoms with Crippen LogP contribution in [0.25, 0.3) is 10.9 Å². The van der Waals surface area contributed by atoms with Gasteiger partial charge in [-0.15, -0.1) is 0 Å². The number of phenols is 1. The van der Waals surface area contributed by atoms with E-state index in [0.717, 1.165) is 29.9 Å². The summed E-state index contributed by atoms with van der Waals surface area (Å²) in [5, 5.41) is 10.8. The van der Waals surface area contributed by atoms with Crippen molar-refractivity contribution in [3.63, 3.8) is 0 Å². The predicted octanol–water partition coefficient (Wildman–Crippen LogP) is 2.91. The molecular formula is C21H21N3O3. The van der Waals surface area contributed by atoms with Gasteiger partial charge in [-0.3, -0.25) is 4.79 Å². The molecule has 0 atom stereocenters. The highest BCUT2D eigenvalue weighted by Crippen LogP contribution is 2.24. The molecule has 0 radical (unpaired) electrons. The molecule has 1 aromatic heterocycles. The van der Waals surface area contributed by atoms with Crippen LogP contribution in [0.15, 0.2) is 54.6 Å². The summed E-state index contributed by atoms with van der Waals surface area (Å²) >= 11 is 0. The van der Waals surface area contributed by atoms with E-state index >= 15 is 0 Å². The number of piperazine rings is 1. The summed E-state index contributed by atoms with van der Waals surface area (Å²) in [5.74, 6) is 0.819. The Balaban J connectivity index is 1.46. The van der Waals surface area contributed by atoms with E-state index in [-0.39, 0.29) is 11.7 Å². The maximum Gasteiger partial charge on any atom is 0.272 e. The van der Waals surface area contributed by atoms with E-state index in [2.05, 4.69) is 9.88 Å². The number of carbonyl (C=O) groups excluding carboxylic acids is 1. The van der Waals surface area contributed by atoms with Crippen LogP contribution in [0.3, 0.4) is 0 Å². The van der Waals surface area contributed by atoms with Crippen molar-refractivity contribution in [3.05, 3.63) is 60.3 Å². The second kappa shape index (κ2) is 7.15. The molecule has 0 spiro atoms. The van der Waals surface area contributed by atoms with Crippen molar-refractivity contribution in [2.24, 2.45) is 0 Å². The molecule has 3 aromatic rings. The van der Waals surface area contributed by atoms with Crippen LogP contribution in [0.4, 0.5) is 5.69 Å². The molecule has 0 unspecified atom stereocenters. The molecule has 4 rings (SSSR count). The Morgan fingerprint density at radius 1 is 1.00 bits per heavy atom. The van der Waals surface area contributed by atoms with E-state index < -0.39 is 0 Å². The molecule has 0 aliphatic carbocycles. The number of carbonyl (C=O) groups is 1. The Morgan fingerprint density at radius 2 is 1.74 bits per heavy atom. The van der Waals surface area contributed by atoms with Crippen LogP contribution in [0.1, 0.15) is 10.5 Å². The van der Waals surface area contributed by atoms with E-state index in [9.17, 15) is 9.90 Å². The minimum Gasteiger partial charge on any atom is -0.506 e. The number of anilines is 1. The zero-order valence-corrected chi connectivity index (χ0v) is 15.1. The molecule has 6 nitrogen and oxygen atoms in total. The molecule has 1 aliphatic heterocycles. The van der Waals surface area contributed by atoms with Crippen LogP contribution < -0.4 is 9.64 Å². The monoisotopic (exact) mass is 363 g/mol. The first-order chi connectivity index (χ1) is 13.2. The van der Waals surface area contributed by atoms with Crippen molar-refractivity contribution >= 4 is 22.5 Å². The van der Waals surface area contributed by atoms with E-state index in [1.54, 1.807) is 25.3 Å². The smallest absolute Gasteiger partial charge is 0.272 e. The first kappa shape index (κ1) is 17.1. The third-order valence-corrected chi connectivity index (χ3v) is 4.92. The Morgan fingerprint density at radius 3 is 2.44 bits per heavy atom. The number of hydrogen-bond donors (Lipinski definition) is 1. The lowest BCUT2D eigenvalue weighted by atomic mass is 10.1. The van der Waals surface area contributed by atoms with Gasteiger partial charge < -0.3 is 19.6 Å². The number of amides is 1. The second-order valence-electron chi connectivity index (χ2n) is 6.52. The number of ether oxygens (including phenoxy) is 1. The standard InChI is InChI=1S/C21H21N3O3/c1-27-17-8-6-16(7-9-17)23-11-13-24(14-12-23)21(26)18-10-5-15-3-2-4-19(25)20(15)22-18/h2-10,25H,11-14H2,1H3. The number of aromatic nitrogens is 1. The Hall–Kier alpha value is -3.28. The maximum atomic E-state index is 12.8. The van der Waals surface area contributed by atoms with Crippen LogP contribution in [-0.2, 0) is 0 Å². The van der Waals surface area contributed by atoms with Crippen molar-refractivity contribution in [1.82, 2.24) is 9.88 Å². The zero-order valence-electron chi connectivity index (χ0n) is 15.1. The molecule has 2 aromatic carbocycles. The maximum absolute atomic E-state index is 12.8. The molecule has 1 N–H and O–H groups in total. The number of phenolic OH excluding ortho intramolecular Hbond substituents is 1. The Bertz CT molecular complexity index is 964. The van der Waals surface area contributed by atoms with Crippen molar-refractivity contribution in [2.45, 2.75) is 0 Å². The van der Waals surface area contributed by atoms with Gasteiger partial charge >= 0.3 is 0 Å². The topological polar surface area (TPSA) is 65.9 Å². The minimum absolute atomic E-state index is 0.0893. The number of para-hydroxylation sites is 1. The summed E-state index contributed by atoms with van der Waals surface area (Å²) < 4.78 is 5.20. The normalized spacial score (nSPS) is 14.4. The first-order valence-corrected chi connectivity index (χ1v) is 8.93. The third kappa shape index (κ3) is 3.38. The fourth-order valence-electron chi connectivity index (χ4n) is 3.37. The van der Waals surface area contributed by atoms with Crippen molar-refractivity contribution in [2.75, 3.05) is 38.2 Å². The lowest BCUT2D eigenvalue weighted by molar-refractivity contribution is 0.0741. The van der Waals surface area contributed by atoms with E-state index in [1.165, 1.54) is 0 Å². The van der Waals surface area contributed by atoms with Crippen molar-refractivity contribution in [3.8, 4) is 11.5 Å². The first-order valence-electron chi connectivity index (χ1n) is 8.93. The third-order valence-electron chi connectivity index (χ3n) is 4.92. The van der Waals surface area contributed by atoms with Crippen LogP contribution in [0.5, 0.6) is 11.5 Å². The summed E-state index contributed by atoms with van der Waals surface area (Å²) in [5.41, 5.74) is 1.94. The fourth-order valence-corrected chi connectivity index (χ4v) is 3.37. The number of benzene rings is 2. The number of rotatable bonds is 3. The van der Waals surface area contributed by atoms with Crippen LogP contribution in [0.2, 0.25) is 0 Å². The van der Waals surface area contributed by atoms with Gasteiger partial charge in [0.25, 0.3) is 5.91 Å². The number of pyridine rings is 1. The van der Waals surface area contributed by atoms with Gasteiger partial charge in [0.2, 0.25) is 0 Å². The van der Waals surface area contributed by atoms with Crippen molar-refractivity contribution in [1.29, 1.82) is 0 Å². The van der Waals surface area contributed by atoms with Gasteiger partial charge in [-0.1, -0.05) is 18.2 Å². The molecule has 6 heteroatoms. The highest BCUT2D eigenvalue weighted by Gasteiger charge is 2.23. The summed E-state index contributed by atoms with van der Waals surface area (Å²) in [6, 6.07) is 16.7. The lowest BCUT2D eigenvalue weighted by Gasteiger charge is -2.36. The zero-order chi connectivity index (χ0) is 18.8. The molecule has 27 heavy (non-hydrogen) atoms. The molecule has 1 fully saturated rings. The second-order valence-corrected chi connectivity index (χ2v) is 6.52. The molecule has 1 saturated heterocycles. The highest BCUT2D eigenvalue weighted by molar-refractivity contribution is 5.96. The lowest BCUT2D eigenvalue weighted by Crippen LogP contribution is -2.49. The SMILES string of the molecule is COc1ccc(N2CCN(C(=O)c3ccc4cccc(O)c4n3)CC2)cc1. The van der Waals surface area contributed by atoms with Gasteiger partial charge in [0.15, 0.2) is 0 Å². The quantitative estimate of drug-likeness (QED) is 0.775. The number of hydrogen-bond acceptors (Lipinski definition) is 5. The van der Waals surface area contributed by atoms with Gasteiger partial charge in [-0.05, 0) is 36.4 Å². The largest absolute Gasteiger partial charge is 0.506 e. The minimum atomic E-state index is -0.102. The van der Waals surface area contributed by atoms with Crippen LogP contribution >= 0.6 is 0 Å². The number of aromatic hydroxyl groups is 1. The van der Waals surface area contributed by atoms with Crippen molar-refractivity contribution < 1.29 is 14.6 Å².